The van der Waals surface area contributed by atoms with Crippen LogP contribution in [-0.4, -0.2) is 35.5 Å². The molecule has 1 heterocycles. The predicted octanol–water partition coefficient (Wildman–Crippen LogP) is 0.0635. The summed E-state index contributed by atoms with van der Waals surface area (Å²) in [6, 6.07) is 0.581. The predicted molar refractivity (Wildman–Crippen MR) is 56.7 cm³/mol. The molecule has 4 nitrogen and oxygen atoms in total. The van der Waals surface area contributed by atoms with Crippen molar-refractivity contribution in [1.82, 2.24) is 4.90 Å². The number of nitrogens with zero attached hydrogens (tertiary/aromatic N) is 1. The number of amides is 1. The van der Waals surface area contributed by atoms with E-state index < -0.39 is 11.4 Å². The maximum Gasteiger partial charge on any atom is 0.238 e. The van der Waals surface area contributed by atoms with Gasteiger partial charge in [-0.15, -0.1) is 0 Å². The largest absolute Gasteiger partial charge is 0.368 e. The number of nitrogens with two attached hydrogens (primary N) is 2. The average Bonchev–Trinajstić information content (AvgIpc) is 2.50. The summed E-state index contributed by atoms with van der Waals surface area (Å²) in [6.07, 6.45) is 3.54. The molecule has 0 spiro atoms. The van der Waals surface area contributed by atoms with Crippen molar-refractivity contribution >= 4 is 5.91 Å². The molecule has 14 heavy (non-hydrogen) atoms. The van der Waals surface area contributed by atoms with E-state index in [1.807, 2.05) is 0 Å². The van der Waals surface area contributed by atoms with Crippen LogP contribution in [0.3, 0.4) is 0 Å². The van der Waals surface area contributed by atoms with Gasteiger partial charge in [0.2, 0.25) is 5.91 Å². The summed E-state index contributed by atoms with van der Waals surface area (Å²) < 4.78 is 0. The fourth-order valence-electron chi connectivity index (χ4n) is 2.07. The minimum Gasteiger partial charge on any atom is -0.368 e. The Kier molecular flexibility index (Phi) is 3.50. The van der Waals surface area contributed by atoms with Gasteiger partial charge in [0.15, 0.2) is 0 Å². The third kappa shape index (κ3) is 2.45. The second kappa shape index (κ2) is 4.28. The molecule has 0 radical (unpaired) electrons. The highest BCUT2D eigenvalue weighted by Crippen LogP contribution is 2.21. The van der Waals surface area contributed by atoms with Gasteiger partial charge in [0.05, 0.1) is 0 Å². The zero-order valence-corrected chi connectivity index (χ0v) is 9.12. The van der Waals surface area contributed by atoms with Crippen LogP contribution in [0.2, 0.25) is 0 Å². The van der Waals surface area contributed by atoms with E-state index in [-0.39, 0.29) is 0 Å². The molecule has 4 heteroatoms. The molecule has 4 N–H and O–H groups in total. The minimum absolute atomic E-state index is 0.417. The van der Waals surface area contributed by atoms with Gasteiger partial charge in [0, 0.05) is 12.6 Å². The molecule has 0 bridgehead atoms. The molecule has 1 rings (SSSR count). The monoisotopic (exact) mass is 199 g/mol. The first kappa shape index (κ1) is 11.5. The number of hydrogen-bond donors (Lipinski definition) is 2. The van der Waals surface area contributed by atoms with Gasteiger partial charge in [-0.3, -0.25) is 9.69 Å². The molecule has 1 fully saturated rings. The van der Waals surface area contributed by atoms with Gasteiger partial charge in [-0.05, 0) is 32.7 Å². The van der Waals surface area contributed by atoms with Crippen molar-refractivity contribution in [2.75, 3.05) is 13.1 Å². The summed E-state index contributed by atoms with van der Waals surface area (Å²) >= 11 is 0. The normalized spacial score (nSPS) is 27.5. The van der Waals surface area contributed by atoms with Crippen molar-refractivity contribution in [3.05, 3.63) is 0 Å². The van der Waals surface area contributed by atoms with Crippen molar-refractivity contribution < 1.29 is 4.79 Å². The smallest absolute Gasteiger partial charge is 0.238 e. The van der Waals surface area contributed by atoms with Crippen LogP contribution in [-0.2, 0) is 4.79 Å². The number of carbonyl (C=O) groups is 1. The second-order valence-corrected chi connectivity index (χ2v) is 4.46. The van der Waals surface area contributed by atoms with E-state index >= 15 is 0 Å². The second-order valence-electron chi connectivity index (χ2n) is 4.46. The van der Waals surface area contributed by atoms with E-state index in [1.54, 1.807) is 6.92 Å². The molecule has 0 aromatic rings. The van der Waals surface area contributed by atoms with Gasteiger partial charge < -0.3 is 11.5 Å². The van der Waals surface area contributed by atoms with Gasteiger partial charge >= 0.3 is 0 Å². The molecule has 2 unspecified atom stereocenters. The molecule has 0 aliphatic carbocycles. The van der Waals surface area contributed by atoms with Crippen LogP contribution in [0.4, 0.5) is 0 Å². The molecule has 1 amide bonds. The fourth-order valence-corrected chi connectivity index (χ4v) is 2.07. The lowest BCUT2D eigenvalue weighted by Crippen LogP contribution is -2.57. The number of likely N-dealkylation sites (tertiary alicyclic amines) is 1. The quantitative estimate of drug-likeness (QED) is 0.672. The van der Waals surface area contributed by atoms with E-state index in [0.717, 1.165) is 13.0 Å². The lowest BCUT2D eigenvalue weighted by Gasteiger charge is -2.31. The molecule has 1 aliphatic rings. The molecule has 0 saturated carbocycles. The summed E-state index contributed by atoms with van der Waals surface area (Å²) in [6.45, 7) is 5.50. The topological polar surface area (TPSA) is 72.3 Å². The Morgan fingerprint density at radius 2 is 2.29 bits per heavy atom. The van der Waals surface area contributed by atoms with Crippen LogP contribution in [0.1, 0.15) is 33.1 Å². The van der Waals surface area contributed by atoms with E-state index in [9.17, 15) is 4.79 Å². The molecule has 1 saturated heterocycles. The van der Waals surface area contributed by atoms with Gasteiger partial charge in [-0.25, -0.2) is 0 Å². The number of primary amides is 1. The number of rotatable bonds is 4. The summed E-state index contributed by atoms with van der Waals surface area (Å²) in [5.41, 5.74) is 10.2. The van der Waals surface area contributed by atoms with Crippen molar-refractivity contribution in [3.8, 4) is 0 Å². The first-order chi connectivity index (χ1) is 6.47. The molecular weight excluding hydrogens is 178 g/mol. The molecule has 0 aromatic carbocycles. The molecule has 2 atom stereocenters. The van der Waals surface area contributed by atoms with Gasteiger partial charge in [-0.1, -0.05) is 6.92 Å². The van der Waals surface area contributed by atoms with Crippen LogP contribution in [0.5, 0.6) is 0 Å². The van der Waals surface area contributed by atoms with Crippen LogP contribution >= 0.6 is 0 Å². The van der Waals surface area contributed by atoms with Crippen LogP contribution in [0.15, 0.2) is 0 Å². The third-order valence-corrected chi connectivity index (χ3v) is 3.06. The lowest BCUT2D eigenvalue weighted by atomic mass is 10.0. The maximum atomic E-state index is 11.1. The van der Waals surface area contributed by atoms with Crippen molar-refractivity contribution in [2.45, 2.75) is 44.7 Å². The lowest BCUT2D eigenvalue weighted by molar-refractivity contribution is -0.123. The highest BCUT2D eigenvalue weighted by atomic mass is 16.1. The summed E-state index contributed by atoms with van der Waals surface area (Å²) in [5.74, 6) is -0.417. The van der Waals surface area contributed by atoms with Gasteiger partial charge in [0.1, 0.15) is 5.54 Å². The number of carbonyl (C=O) groups excluding carboxylic acids is 1. The van der Waals surface area contributed by atoms with Crippen LogP contribution in [0.25, 0.3) is 0 Å². The highest BCUT2D eigenvalue weighted by molar-refractivity contribution is 5.84. The molecule has 0 aromatic heterocycles. The number of hydrogen-bond acceptors (Lipinski definition) is 3. The Hall–Kier alpha value is -0.610. The molecular formula is C10H21N3O. The highest BCUT2D eigenvalue weighted by Gasteiger charge is 2.33. The Balaban J connectivity index is 2.54. The maximum absolute atomic E-state index is 11.1. The van der Waals surface area contributed by atoms with E-state index in [1.165, 1.54) is 12.8 Å². The fraction of sp³-hybridized carbons (Fsp3) is 0.900. The molecule has 82 valence electrons. The van der Waals surface area contributed by atoms with Crippen molar-refractivity contribution in [3.63, 3.8) is 0 Å². The zero-order valence-electron chi connectivity index (χ0n) is 9.12. The minimum atomic E-state index is -0.891. The van der Waals surface area contributed by atoms with E-state index in [2.05, 4.69) is 11.8 Å². The van der Waals surface area contributed by atoms with E-state index in [4.69, 9.17) is 11.5 Å². The summed E-state index contributed by atoms with van der Waals surface area (Å²) in [4.78, 5) is 13.4. The standard InChI is InChI=1S/C10H21N3O/c1-3-8-5-4-6-13(8)7-10(2,12)9(11)14/h8H,3-7,12H2,1-2H3,(H2,11,14). The van der Waals surface area contributed by atoms with Gasteiger partial charge in [0.25, 0.3) is 0 Å². The first-order valence-electron chi connectivity index (χ1n) is 5.30. The van der Waals surface area contributed by atoms with Crippen LogP contribution in [0, 0.1) is 0 Å². The first-order valence-corrected chi connectivity index (χ1v) is 5.30. The zero-order chi connectivity index (χ0) is 10.8. The van der Waals surface area contributed by atoms with Crippen molar-refractivity contribution in [2.24, 2.45) is 11.5 Å². The Morgan fingerprint density at radius 3 is 2.79 bits per heavy atom. The Labute approximate surface area is 85.6 Å². The molecule has 1 aliphatic heterocycles. The van der Waals surface area contributed by atoms with Crippen molar-refractivity contribution in [1.29, 1.82) is 0 Å². The third-order valence-electron chi connectivity index (χ3n) is 3.06. The summed E-state index contributed by atoms with van der Waals surface area (Å²) in [7, 11) is 0. The Bertz CT molecular complexity index is 215. The van der Waals surface area contributed by atoms with Crippen LogP contribution < -0.4 is 11.5 Å². The Morgan fingerprint density at radius 1 is 1.64 bits per heavy atom. The van der Waals surface area contributed by atoms with Gasteiger partial charge in [-0.2, -0.15) is 0 Å². The summed E-state index contributed by atoms with van der Waals surface area (Å²) in [5, 5.41) is 0. The SMILES string of the molecule is CCC1CCCN1CC(C)(N)C(N)=O. The average molecular weight is 199 g/mol. The van der Waals surface area contributed by atoms with E-state index in [0.29, 0.717) is 12.6 Å².